The zero-order valence-corrected chi connectivity index (χ0v) is 11.8. The van der Waals surface area contributed by atoms with Gasteiger partial charge < -0.3 is 9.73 Å². The van der Waals surface area contributed by atoms with Crippen molar-refractivity contribution in [1.82, 2.24) is 10.3 Å². The van der Waals surface area contributed by atoms with Gasteiger partial charge in [-0.25, -0.2) is 4.98 Å². The average molecular weight is 258 g/mol. The zero-order chi connectivity index (χ0) is 13.3. The predicted octanol–water partition coefficient (Wildman–Crippen LogP) is 3.60. The summed E-state index contributed by atoms with van der Waals surface area (Å²) in [5.41, 5.74) is 3.30. The predicted molar refractivity (Wildman–Crippen MR) is 77.3 cm³/mol. The number of aryl methyl sites for hydroxylation is 1. The quantitative estimate of drug-likeness (QED) is 0.914. The largest absolute Gasteiger partial charge is 0.441 e. The molecule has 0 radical (unpaired) electrons. The van der Waals surface area contributed by atoms with E-state index < -0.39 is 0 Å². The van der Waals surface area contributed by atoms with Crippen molar-refractivity contribution in [3.63, 3.8) is 0 Å². The molecule has 3 rings (SSSR count). The van der Waals surface area contributed by atoms with Gasteiger partial charge in [0.2, 0.25) is 0 Å². The third kappa shape index (κ3) is 2.52. The van der Waals surface area contributed by atoms with E-state index in [0.717, 1.165) is 23.4 Å². The molecule has 0 spiro atoms. The molecule has 0 saturated heterocycles. The minimum Gasteiger partial charge on any atom is -0.441 e. The van der Waals surface area contributed by atoms with Crippen LogP contribution >= 0.6 is 0 Å². The van der Waals surface area contributed by atoms with Crippen molar-refractivity contribution in [3.05, 3.63) is 29.7 Å². The van der Waals surface area contributed by atoms with Crippen molar-refractivity contribution in [2.45, 2.75) is 51.0 Å². The molecule has 0 unspecified atom stereocenters. The fraction of sp³-hybridized carbons (Fsp3) is 0.562. The molecule has 1 aliphatic carbocycles. The molecule has 0 bridgehead atoms. The number of aromatic nitrogens is 1. The van der Waals surface area contributed by atoms with Gasteiger partial charge in [-0.05, 0) is 44.5 Å². The second-order valence-electron chi connectivity index (χ2n) is 5.85. The SMILES string of the molecule is CNC1(Cc2nc3ccc(C)cc3o2)CCCCC1. The van der Waals surface area contributed by atoms with Crippen LogP contribution < -0.4 is 5.32 Å². The summed E-state index contributed by atoms with van der Waals surface area (Å²) in [6.07, 6.45) is 7.32. The Bertz CT molecular complexity index is 567. The first-order chi connectivity index (χ1) is 9.21. The number of fused-ring (bicyclic) bond motifs is 1. The molecule has 1 saturated carbocycles. The second-order valence-corrected chi connectivity index (χ2v) is 5.85. The Labute approximate surface area is 114 Å². The van der Waals surface area contributed by atoms with E-state index in [4.69, 9.17) is 4.42 Å². The molecule has 2 aromatic rings. The smallest absolute Gasteiger partial charge is 0.197 e. The summed E-state index contributed by atoms with van der Waals surface area (Å²) in [6.45, 7) is 2.08. The van der Waals surface area contributed by atoms with Gasteiger partial charge in [-0.1, -0.05) is 25.3 Å². The molecule has 102 valence electrons. The molecule has 1 N–H and O–H groups in total. The number of rotatable bonds is 3. The summed E-state index contributed by atoms with van der Waals surface area (Å²) in [6, 6.07) is 6.20. The van der Waals surface area contributed by atoms with Crippen LogP contribution in [0.4, 0.5) is 0 Å². The Hall–Kier alpha value is -1.35. The van der Waals surface area contributed by atoms with E-state index >= 15 is 0 Å². The Morgan fingerprint density at radius 1 is 1.26 bits per heavy atom. The molecule has 0 amide bonds. The van der Waals surface area contributed by atoms with Gasteiger partial charge in [0.15, 0.2) is 11.5 Å². The van der Waals surface area contributed by atoms with Crippen LogP contribution in [0.2, 0.25) is 0 Å². The van der Waals surface area contributed by atoms with Gasteiger partial charge in [0.05, 0.1) is 0 Å². The molecule has 19 heavy (non-hydrogen) atoms. The monoisotopic (exact) mass is 258 g/mol. The number of nitrogens with zero attached hydrogens (tertiary/aromatic N) is 1. The topological polar surface area (TPSA) is 38.1 Å². The summed E-state index contributed by atoms with van der Waals surface area (Å²) in [5.74, 6) is 0.872. The number of likely N-dealkylation sites (N-methyl/N-ethyl adjacent to an activating group) is 1. The summed E-state index contributed by atoms with van der Waals surface area (Å²) in [7, 11) is 2.07. The summed E-state index contributed by atoms with van der Waals surface area (Å²) in [4.78, 5) is 4.63. The molecular formula is C16H22N2O. The minimum atomic E-state index is 0.189. The highest BCUT2D eigenvalue weighted by Gasteiger charge is 2.32. The molecular weight excluding hydrogens is 236 g/mol. The van der Waals surface area contributed by atoms with Crippen LogP contribution in [-0.4, -0.2) is 17.6 Å². The Morgan fingerprint density at radius 3 is 2.79 bits per heavy atom. The molecule has 1 aromatic carbocycles. The number of nitrogens with one attached hydrogen (secondary N) is 1. The van der Waals surface area contributed by atoms with E-state index in [2.05, 4.69) is 36.4 Å². The summed E-state index contributed by atoms with van der Waals surface area (Å²) >= 11 is 0. The fourth-order valence-electron chi connectivity index (χ4n) is 3.19. The molecule has 3 heteroatoms. The first-order valence-corrected chi connectivity index (χ1v) is 7.26. The van der Waals surface area contributed by atoms with Gasteiger partial charge >= 0.3 is 0 Å². The normalized spacial score (nSPS) is 18.8. The van der Waals surface area contributed by atoms with Crippen molar-refractivity contribution < 1.29 is 4.42 Å². The van der Waals surface area contributed by atoms with Crippen molar-refractivity contribution in [3.8, 4) is 0 Å². The minimum absolute atomic E-state index is 0.189. The molecule has 0 aliphatic heterocycles. The Kier molecular flexibility index (Phi) is 3.31. The van der Waals surface area contributed by atoms with Crippen molar-refractivity contribution in [1.29, 1.82) is 0 Å². The lowest BCUT2D eigenvalue weighted by Crippen LogP contribution is -2.46. The van der Waals surface area contributed by atoms with Crippen LogP contribution in [0.5, 0.6) is 0 Å². The average Bonchev–Trinajstić information content (AvgIpc) is 2.81. The van der Waals surface area contributed by atoms with Crippen molar-refractivity contribution in [2.75, 3.05) is 7.05 Å². The lowest BCUT2D eigenvalue weighted by Gasteiger charge is -2.36. The molecule has 1 fully saturated rings. The highest BCUT2D eigenvalue weighted by atomic mass is 16.3. The van der Waals surface area contributed by atoms with E-state index in [9.17, 15) is 0 Å². The van der Waals surface area contributed by atoms with Gasteiger partial charge in [0.25, 0.3) is 0 Å². The first-order valence-electron chi connectivity index (χ1n) is 7.26. The standard InChI is InChI=1S/C16H22N2O/c1-12-6-7-13-14(10-12)19-15(18-13)11-16(17-2)8-4-3-5-9-16/h6-7,10,17H,3-5,8-9,11H2,1-2H3. The van der Waals surface area contributed by atoms with Crippen LogP contribution in [0.1, 0.15) is 43.6 Å². The van der Waals surface area contributed by atoms with E-state index in [1.165, 1.54) is 37.7 Å². The maximum absolute atomic E-state index is 5.93. The third-order valence-electron chi connectivity index (χ3n) is 4.42. The van der Waals surface area contributed by atoms with E-state index in [1.54, 1.807) is 0 Å². The maximum Gasteiger partial charge on any atom is 0.197 e. The van der Waals surface area contributed by atoms with Crippen LogP contribution in [0.25, 0.3) is 11.1 Å². The summed E-state index contributed by atoms with van der Waals surface area (Å²) in [5, 5.41) is 3.52. The van der Waals surface area contributed by atoms with Crippen LogP contribution in [0.3, 0.4) is 0 Å². The molecule has 1 aromatic heterocycles. The van der Waals surface area contributed by atoms with Crippen molar-refractivity contribution >= 4 is 11.1 Å². The fourth-order valence-corrected chi connectivity index (χ4v) is 3.19. The van der Waals surface area contributed by atoms with E-state index in [1.807, 2.05) is 6.07 Å². The highest BCUT2D eigenvalue weighted by molar-refractivity contribution is 5.73. The Balaban J connectivity index is 1.87. The number of hydrogen-bond donors (Lipinski definition) is 1. The lowest BCUT2D eigenvalue weighted by atomic mass is 9.79. The lowest BCUT2D eigenvalue weighted by molar-refractivity contribution is 0.230. The van der Waals surface area contributed by atoms with Gasteiger partial charge in [0, 0.05) is 12.0 Å². The van der Waals surface area contributed by atoms with E-state index in [-0.39, 0.29) is 5.54 Å². The Morgan fingerprint density at radius 2 is 2.05 bits per heavy atom. The third-order valence-corrected chi connectivity index (χ3v) is 4.42. The van der Waals surface area contributed by atoms with Gasteiger partial charge in [-0.2, -0.15) is 0 Å². The zero-order valence-electron chi connectivity index (χ0n) is 11.8. The second kappa shape index (κ2) is 4.97. The first kappa shape index (κ1) is 12.7. The number of benzene rings is 1. The molecule has 1 aliphatic rings. The van der Waals surface area contributed by atoms with Gasteiger partial charge in [0.1, 0.15) is 5.52 Å². The number of hydrogen-bond acceptors (Lipinski definition) is 3. The molecule has 0 atom stereocenters. The molecule has 3 nitrogen and oxygen atoms in total. The molecule has 1 heterocycles. The van der Waals surface area contributed by atoms with Crippen molar-refractivity contribution in [2.24, 2.45) is 0 Å². The van der Waals surface area contributed by atoms with Crippen LogP contribution in [0, 0.1) is 6.92 Å². The maximum atomic E-state index is 5.93. The number of oxazole rings is 1. The van der Waals surface area contributed by atoms with Crippen LogP contribution in [0.15, 0.2) is 22.6 Å². The summed E-state index contributed by atoms with van der Waals surface area (Å²) < 4.78 is 5.93. The van der Waals surface area contributed by atoms with Gasteiger partial charge in [-0.15, -0.1) is 0 Å². The van der Waals surface area contributed by atoms with Crippen LogP contribution in [-0.2, 0) is 6.42 Å². The highest BCUT2D eigenvalue weighted by Crippen LogP contribution is 2.31. The van der Waals surface area contributed by atoms with E-state index in [0.29, 0.717) is 0 Å². The van der Waals surface area contributed by atoms with Gasteiger partial charge in [-0.3, -0.25) is 0 Å².